The molecule has 3 rings (SSSR count). The molecule has 0 saturated carbocycles. The molecule has 4 heteroatoms. The van der Waals surface area contributed by atoms with Crippen molar-refractivity contribution in [3.05, 3.63) is 46.0 Å². The Bertz CT molecular complexity index is 620. The van der Waals surface area contributed by atoms with Crippen LogP contribution in [-0.4, -0.2) is 16.4 Å². The second-order valence-electron chi connectivity index (χ2n) is 5.94. The summed E-state index contributed by atoms with van der Waals surface area (Å²) in [6.45, 7) is 6.58. The first-order chi connectivity index (χ1) is 10.1. The summed E-state index contributed by atoms with van der Waals surface area (Å²) in [4.78, 5) is 8.04. The third kappa shape index (κ3) is 3.11. The Morgan fingerprint density at radius 2 is 2.19 bits per heavy atom. The standard InChI is InChI=1S/C17H23N3S/c1-12-6-5-7-15(13(12)2)16-8-3-4-9-20(16)11-14-10-19-17(18)21-14/h5-7,10,16H,3-4,8-9,11H2,1-2H3,(H2,18,19). The Hall–Kier alpha value is -1.39. The zero-order valence-corrected chi connectivity index (χ0v) is 13.6. The van der Waals surface area contributed by atoms with Crippen LogP contribution in [0.4, 0.5) is 5.13 Å². The van der Waals surface area contributed by atoms with Gasteiger partial charge in [0.25, 0.3) is 0 Å². The van der Waals surface area contributed by atoms with Gasteiger partial charge in [-0.25, -0.2) is 4.98 Å². The highest BCUT2D eigenvalue weighted by Gasteiger charge is 2.25. The van der Waals surface area contributed by atoms with Crippen molar-refractivity contribution >= 4 is 16.5 Å². The number of rotatable bonds is 3. The molecule has 1 aliphatic rings. The molecule has 1 aliphatic heterocycles. The topological polar surface area (TPSA) is 42.2 Å². The van der Waals surface area contributed by atoms with E-state index in [-0.39, 0.29) is 0 Å². The number of nitrogen functional groups attached to an aromatic ring is 1. The van der Waals surface area contributed by atoms with Crippen LogP contribution in [0, 0.1) is 13.8 Å². The Balaban J connectivity index is 1.85. The second-order valence-corrected chi connectivity index (χ2v) is 7.08. The van der Waals surface area contributed by atoms with E-state index in [9.17, 15) is 0 Å². The third-order valence-electron chi connectivity index (χ3n) is 4.55. The van der Waals surface area contributed by atoms with E-state index < -0.39 is 0 Å². The molecule has 1 atom stereocenters. The van der Waals surface area contributed by atoms with E-state index >= 15 is 0 Å². The fourth-order valence-electron chi connectivity index (χ4n) is 3.26. The van der Waals surface area contributed by atoms with E-state index in [0.29, 0.717) is 11.2 Å². The Morgan fingerprint density at radius 1 is 1.33 bits per heavy atom. The van der Waals surface area contributed by atoms with Crippen molar-refractivity contribution in [2.24, 2.45) is 0 Å². The molecule has 1 fully saturated rings. The number of anilines is 1. The SMILES string of the molecule is Cc1cccc(C2CCCCN2Cc2cnc(N)s2)c1C. The first-order valence-corrected chi connectivity index (χ1v) is 8.47. The summed E-state index contributed by atoms with van der Waals surface area (Å²) in [5.41, 5.74) is 10.1. The van der Waals surface area contributed by atoms with E-state index in [1.165, 1.54) is 40.8 Å². The fraction of sp³-hybridized carbons (Fsp3) is 0.471. The summed E-state index contributed by atoms with van der Waals surface area (Å²) in [6.07, 6.45) is 5.78. The molecule has 21 heavy (non-hydrogen) atoms. The molecule has 0 aliphatic carbocycles. The van der Waals surface area contributed by atoms with Crippen LogP contribution >= 0.6 is 11.3 Å². The van der Waals surface area contributed by atoms with Crippen LogP contribution in [0.2, 0.25) is 0 Å². The summed E-state index contributed by atoms with van der Waals surface area (Å²) in [7, 11) is 0. The van der Waals surface area contributed by atoms with Gasteiger partial charge in [0.05, 0.1) is 0 Å². The molecular formula is C17H23N3S. The monoisotopic (exact) mass is 301 g/mol. The maximum absolute atomic E-state index is 5.76. The first-order valence-electron chi connectivity index (χ1n) is 7.65. The van der Waals surface area contributed by atoms with Crippen LogP contribution in [0.5, 0.6) is 0 Å². The van der Waals surface area contributed by atoms with Gasteiger partial charge in [-0.2, -0.15) is 0 Å². The van der Waals surface area contributed by atoms with E-state index in [0.717, 1.165) is 13.1 Å². The second kappa shape index (κ2) is 6.16. The third-order valence-corrected chi connectivity index (χ3v) is 5.36. The van der Waals surface area contributed by atoms with Crippen molar-refractivity contribution < 1.29 is 0 Å². The molecular weight excluding hydrogens is 278 g/mol. The minimum atomic E-state index is 0.530. The molecule has 3 nitrogen and oxygen atoms in total. The summed E-state index contributed by atoms with van der Waals surface area (Å²) in [6, 6.07) is 7.22. The number of aryl methyl sites for hydroxylation is 1. The van der Waals surface area contributed by atoms with Gasteiger partial charge < -0.3 is 5.73 Å². The molecule has 2 aromatic rings. The van der Waals surface area contributed by atoms with Gasteiger partial charge in [-0.05, 0) is 49.9 Å². The van der Waals surface area contributed by atoms with E-state index in [2.05, 4.69) is 41.9 Å². The lowest BCUT2D eigenvalue weighted by Gasteiger charge is -2.36. The molecule has 1 aromatic heterocycles. The average Bonchev–Trinajstić information content (AvgIpc) is 2.88. The number of nitrogens with zero attached hydrogens (tertiary/aromatic N) is 2. The number of hydrogen-bond donors (Lipinski definition) is 1. The van der Waals surface area contributed by atoms with Crippen LogP contribution < -0.4 is 5.73 Å². The van der Waals surface area contributed by atoms with Gasteiger partial charge in [0.1, 0.15) is 0 Å². The zero-order chi connectivity index (χ0) is 14.8. The maximum atomic E-state index is 5.76. The lowest BCUT2D eigenvalue weighted by Crippen LogP contribution is -2.33. The van der Waals surface area contributed by atoms with Gasteiger partial charge in [0.2, 0.25) is 0 Å². The number of benzene rings is 1. The molecule has 112 valence electrons. The number of hydrogen-bond acceptors (Lipinski definition) is 4. The summed E-state index contributed by atoms with van der Waals surface area (Å²) >= 11 is 1.61. The van der Waals surface area contributed by atoms with Crippen LogP contribution in [0.1, 0.15) is 46.9 Å². The predicted octanol–water partition coefficient (Wildman–Crippen LogP) is 4.07. The lowest BCUT2D eigenvalue weighted by atomic mass is 9.90. The van der Waals surface area contributed by atoms with Gasteiger partial charge in [0.15, 0.2) is 5.13 Å². The molecule has 1 aromatic carbocycles. The van der Waals surface area contributed by atoms with Crippen molar-refractivity contribution in [2.75, 3.05) is 12.3 Å². The van der Waals surface area contributed by atoms with Gasteiger partial charge in [-0.1, -0.05) is 24.6 Å². The number of aromatic nitrogens is 1. The molecule has 0 amide bonds. The quantitative estimate of drug-likeness (QED) is 0.929. The molecule has 2 heterocycles. The predicted molar refractivity (Wildman–Crippen MR) is 89.4 cm³/mol. The fourth-order valence-corrected chi connectivity index (χ4v) is 3.97. The van der Waals surface area contributed by atoms with Crippen molar-refractivity contribution in [1.82, 2.24) is 9.88 Å². The smallest absolute Gasteiger partial charge is 0.180 e. The Labute approximate surface area is 130 Å². The van der Waals surface area contributed by atoms with Gasteiger partial charge in [-0.3, -0.25) is 4.90 Å². The van der Waals surface area contributed by atoms with Gasteiger partial charge in [-0.15, -0.1) is 11.3 Å². The number of likely N-dealkylation sites (tertiary alicyclic amines) is 1. The highest BCUT2D eigenvalue weighted by molar-refractivity contribution is 7.15. The van der Waals surface area contributed by atoms with Crippen LogP contribution in [0.25, 0.3) is 0 Å². The molecule has 2 N–H and O–H groups in total. The maximum Gasteiger partial charge on any atom is 0.180 e. The lowest BCUT2D eigenvalue weighted by molar-refractivity contribution is 0.141. The highest BCUT2D eigenvalue weighted by atomic mass is 32.1. The Morgan fingerprint density at radius 3 is 2.95 bits per heavy atom. The van der Waals surface area contributed by atoms with E-state index in [4.69, 9.17) is 5.73 Å². The normalized spacial score (nSPS) is 19.8. The summed E-state index contributed by atoms with van der Waals surface area (Å²) < 4.78 is 0. The summed E-state index contributed by atoms with van der Waals surface area (Å²) in [5, 5.41) is 0.672. The minimum absolute atomic E-state index is 0.530. The largest absolute Gasteiger partial charge is 0.375 e. The number of thiazole rings is 1. The van der Waals surface area contributed by atoms with Crippen molar-refractivity contribution in [3.8, 4) is 0 Å². The number of nitrogens with two attached hydrogens (primary N) is 1. The van der Waals surface area contributed by atoms with Gasteiger partial charge in [0, 0.05) is 23.7 Å². The molecule has 1 unspecified atom stereocenters. The minimum Gasteiger partial charge on any atom is -0.375 e. The molecule has 0 radical (unpaired) electrons. The van der Waals surface area contributed by atoms with Crippen LogP contribution in [0.3, 0.4) is 0 Å². The highest BCUT2D eigenvalue weighted by Crippen LogP contribution is 2.35. The van der Waals surface area contributed by atoms with E-state index in [1.807, 2.05) is 6.20 Å². The van der Waals surface area contributed by atoms with Crippen molar-refractivity contribution in [1.29, 1.82) is 0 Å². The molecule has 0 spiro atoms. The van der Waals surface area contributed by atoms with Crippen molar-refractivity contribution in [3.63, 3.8) is 0 Å². The molecule has 0 bridgehead atoms. The van der Waals surface area contributed by atoms with Crippen LogP contribution in [-0.2, 0) is 6.54 Å². The number of piperidine rings is 1. The Kier molecular flexibility index (Phi) is 4.27. The first kappa shape index (κ1) is 14.5. The van der Waals surface area contributed by atoms with Gasteiger partial charge >= 0.3 is 0 Å². The summed E-state index contributed by atoms with van der Waals surface area (Å²) in [5.74, 6) is 0. The average molecular weight is 301 g/mol. The molecule has 1 saturated heterocycles. The van der Waals surface area contributed by atoms with Crippen molar-refractivity contribution in [2.45, 2.75) is 45.7 Å². The van der Waals surface area contributed by atoms with Crippen LogP contribution in [0.15, 0.2) is 24.4 Å². The van der Waals surface area contributed by atoms with E-state index in [1.54, 1.807) is 11.3 Å². The zero-order valence-electron chi connectivity index (χ0n) is 12.8.